The number of hydrogen-bond donors (Lipinski definition) is 0. The summed E-state index contributed by atoms with van der Waals surface area (Å²) in [6.07, 6.45) is 2.19. The fourth-order valence-electron chi connectivity index (χ4n) is 8.85. The van der Waals surface area contributed by atoms with Crippen LogP contribution in [0.3, 0.4) is 0 Å². The Morgan fingerprint density at radius 3 is 1.17 bits per heavy atom. The van der Waals surface area contributed by atoms with Crippen LogP contribution in [0.15, 0.2) is 96.1 Å². The van der Waals surface area contributed by atoms with Crippen molar-refractivity contribution in [2.45, 2.75) is 101 Å². The summed E-state index contributed by atoms with van der Waals surface area (Å²) in [4.78, 5) is 0. The van der Waals surface area contributed by atoms with Crippen LogP contribution in [-0.2, 0) is 10.8 Å². The molecule has 0 aliphatic heterocycles. The van der Waals surface area contributed by atoms with Crippen LogP contribution >= 0.6 is 0 Å². The van der Waals surface area contributed by atoms with E-state index in [2.05, 4.69) is 189 Å². The zero-order valence-corrected chi connectivity index (χ0v) is 32.2. The van der Waals surface area contributed by atoms with E-state index < -0.39 is 8.07 Å². The van der Waals surface area contributed by atoms with Gasteiger partial charge in [0.2, 0.25) is 0 Å². The average molecular weight is 621 g/mol. The molecule has 0 heterocycles. The van der Waals surface area contributed by atoms with Crippen molar-refractivity contribution in [1.82, 2.24) is 0 Å². The zero-order chi connectivity index (χ0) is 34.1. The van der Waals surface area contributed by atoms with Crippen molar-refractivity contribution in [3.8, 4) is 22.3 Å². The van der Waals surface area contributed by atoms with Crippen molar-refractivity contribution in [3.63, 3.8) is 0 Å². The average Bonchev–Trinajstić information content (AvgIpc) is 3.51. The van der Waals surface area contributed by atoms with Crippen LogP contribution in [-0.4, -0.2) is 43.5 Å². The molecule has 2 aliphatic rings. The third-order valence-corrected chi connectivity index (χ3v) is 15.1. The van der Waals surface area contributed by atoms with Crippen LogP contribution in [0.5, 0.6) is 0 Å². The zero-order valence-electron chi connectivity index (χ0n) is 31.2. The number of hydrogen-bond acceptors (Lipinski definition) is 0. The maximum absolute atomic E-state index is 2.67. The molecule has 232 valence electrons. The molecule has 0 N–H and O–H groups in total. The quantitative estimate of drug-likeness (QED) is 0.188. The van der Waals surface area contributed by atoms with E-state index in [-0.39, 0.29) is 10.8 Å². The molecule has 2 aliphatic carbocycles. The first kappa shape index (κ1) is 34.6. The van der Waals surface area contributed by atoms with Crippen molar-refractivity contribution in [1.29, 1.82) is 0 Å². The van der Waals surface area contributed by atoms with Crippen LogP contribution in [0.2, 0.25) is 13.1 Å². The molecule has 0 saturated heterocycles. The molecule has 0 aromatic heterocycles. The number of benzene rings is 4. The molecule has 2 unspecified atom stereocenters. The van der Waals surface area contributed by atoms with Crippen LogP contribution in [0, 0.1) is 0 Å². The molecule has 0 amide bonds. The second kappa shape index (κ2) is 12.6. The Kier molecular flexibility index (Phi) is 9.27. The van der Waals surface area contributed by atoms with E-state index in [1.54, 1.807) is 21.5 Å². The predicted octanol–water partition coefficient (Wildman–Crippen LogP) is 11.9. The van der Waals surface area contributed by atoms with E-state index >= 15 is 0 Å². The molecule has 0 saturated carbocycles. The standard InChI is InChI=1S/C44H50Si.2Li/c1-11-29-27-33-15-13-17-37(31-19-23-35(24-20-31)43(3,4)5)39(33)41(29)45(9,10)42-30(12-2)28-34-16-14-18-38(40(34)42)32-21-25-36(26-22-32)44(6,7)8;;/h13-28H,11-12H2,1-10H3;;. The summed E-state index contributed by atoms with van der Waals surface area (Å²) in [5.41, 5.74) is 18.0. The van der Waals surface area contributed by atoms with Gasteiger partial charge in [-0.2, -0.15) is 0 Å². The molecule has 47 heavy (non-hydrogen) atoms. The molecule has 2 atom stereocenters. The van der Waals surface area contributed by atoms with Gasteiger partial charge in [-0.3, -0.25) is 0 Å². The van der Waals surface area contributed by atoms with Crippen molar-refractivity contribution >= 4 is 53.9 Å². The first-order valence-electron chi connectivity index (χ1n) is 18.1. The summed E-state index contributed by atoms with van der Waals surface area (Å²) in [5, 5.41) is 3.38. The number of rotatable bonds is 6. The third kappa shape index (κ3) is 5.90. The topological polar surface area (TPSA) is 0 Å². The SMILES string of the molecule is [Li][CH]1C(CC)=C([Si](C)(C)C2=C(CC)[CH]([Li])c3cccc(-c4ccc(C(C)(C)C)cc4)c32)c2c(-c3ccc(C(C)(C)C)cc3)cccc21. The van der Waals surface area contributed by atoms with E-state index in [0.717, 1.165) is 12.8 Å². The summed E-state index contributed by atoms with van der Waals surface area (Å²) in [6, 6.07) is 33.1. The minimum atomic E-state index is -2.24. The molecule has 4 aromatic rings. The Labute approximate surface area is 305 Å². The van der Waals surface area contributed by atoms with Gasteiger partial charge in [-0.25, -0.2) is 0 Å². The molecule has 0 fully saturated rings. The van der Waals surface area contributed by atoms with E-state index in [9.17, 15) is 0 Å². The minimum absolute atomic E-state index is 0.140. The maximum atomic E-state index is 2.67. The van der Waals surface area contributed by atoms with E-state index in [1.165, 1.54) is 55.6 Å². The Morgan fingerprint density at radius 2 is 0.872 bits per heavy atom. The summed E-state index contributed by atoms with van der Waals surface area (Å²) in [5.74, 6) is 0. The summed E-state index contributed by atoms with van der Waals surface area (Å²) in [6.45, 7) is 24.0. The molecule has 0 spiro atoms. The fraction of sp³-hybridized carbons (Fsp3) is 0.364. The summed E-state index contributed by atoms with van der Waals surface area (Å²) < 4.78 is 0.879. The molecule has 6 rings (SSSR count). The summed E-state index contributed by atoms with van der Waals surface area (Å²) >= 11 is 4.92. The molecule has 0 radical (unpaired) electrons. The van der Waals surface area contributed by atoms with Gasteiger partial charge in [0.1, 0.15) is 0 Å². The van der Waals surface area contributed by atoms with Gasteiger partial charge in [0.15, 0.2) is 0 Å². The van der Waals surface area contributed by atoms with Crippen molar-refractivity contribution in [2.24, 2.45) is 0 Å². The van der Waals surface area contributed by atoms with Gasteiger partial charge in [-0.05, 0) is 0 Å². The van der Waals surface area contributed by atoms with Crippen molar-refractivity contribution in [2.75, 3.05) is 0 Å². The Bertz CT molecular complexity index is 1750. The Balaban J connectivity index is 1.57. The van der Waals surface area contributed by atoms with Gasteiger partial charge < -0.3 is 0 Å². The number of allylic oxidation sites excluding steroid dienone is 2. The number of fused-ring (bicyclic) bond motifs is 2. The van der Waals surface area contributed by atoms with Crippen LogP contribution in [0.4, 0.5) is 0 Å². The van der Waals surface area contributed by atoms with E-state index in [1.807, 2.05) is 0 Å². The van der Waals surface area contributed by atoms with Gasteiger partial charge in [-0.15, -0.1) is 0 Å². The Morgan fingerprint density at radius 1 is 0.532 bits per heavy atom. The second-order valence-corrected chi connectivity index (χ2v) is 21.0. The molecule has 0 nitrogen and oxygen atoms in total. The van der Waals surface area contributed by atoms with Crippen molar-refractivity contribution in [3.05, 3.63) is 129 Å². The molecule has 3 heteroatoms. The normalized spacial score (nSPS) is 18.3. The van der Waals surface area contributed by atoms with Crippen LogP contribution < -0.4 is 0 Å². The molecule has 0 bridgehead atoms. The van der Waals surface area contributed by atoms with E-state index in [4.69, 9.17) is 0 Å². The Hall–Kier alpha value is -2.23. The fourth-order valence-corrected chi connectivity index (χ4v) is 13.3. The van der Waals surface area contributed by atoms with Gasteiger partial charge in [0.25, 0.3) is 0 Å². The monoisotopic (exact) mass is 620 g/mol. The van der Waals surface area contributed by atoms with Crippen LogP contribution in [0.25, 0.3) is 32.6 Å². The molecular formula is C44H50Li2Si. The molecule has 4 aromatic carbocycles. The van der Waals surface area contributed by atoms with Gasteiger partial charge in [0.05, 0.1) is 0 Å². The summed E-state index contributed by atoms with van der Waals surface area (Å²) in [7, 11) is -2.24. The first-order chi connectivity index (χ1) is 22.1. The van der Waals surface area contributed by atoms with Gasteiger partial charge >= 0.3 is 307 Å². The van der Waals surface area contributed by atoms with Crippen molar-refractivity contribution < 1.29 is 0 Å². The third-order valence-electron chi connectivity index (χ3n) is 11.4. The first-order valence-corrected chi connectivity index (χ1v) is 21.1. The van der Waals surface area contributed by atoms with Gasteiger partial charge in [0, 0.05) is 0 Å². The van der Waals surface area contributed by atoms with Gasteiger partial charge in [-0.1, -0.05) is 0 Å². The second-order valence-electron chi connectivity index (χ2n) is 16.8. The predicted molar refractivity (Wildman–Crippen MR) is 210 cm³/mol. The molecular weight excluding hydrogens is 570 g/mol. The van der Waals surface area contributed by atoms with Crippen LogP contribution in [0.1, 0.15) is 111 Å². The van der Waals surface area contributed by atoms with E-state index in [0.29, 0.717) is 9.18 Å².